The molecule has 0 amide bonds. The Balaban J connectivity index is 2.77. The molecule has 2 unspecified atom stereocenters. The largest absolute Gasteiger partial charge is 0.381 e. The van der Waals surface area contributed by atoms with E-state index in [0.29, 0.717) is 12.0 Å². The van der Waals surface area contributed by atoms with Crippen LogP contribution in [0.25, 0.3) is 0 Å². The van der Waals surface area contributed by atoms with Gasteiger partial charge in [-0.05, 0) is 26.3 Å². The van der Waals surface area contributed by atoms with Crippen molar-refractivity contribution in [2.75, 3.05) is 26.9 Å². The lowest BCUT2D eigenvalue weighted by atomic mass is 9.78. The third-order valence-corrected chi connectivity index (χ3v) is 3.96. The van der Waals surface area contributed by atoms with Gasteiger partial charge < -0.3 is 14.8 Å². The van der Waals surface area contributed by atoms with Crippen molar-refractivity contribution < 1.29 is 9.47 Å². The molecule has 3 nitrogen and oxygen atoms in total. The number of hydrogen-bond acceptors (Lipinski definition) is 3. The summed E-state index contributed by atoms with van der Waals surface area (Å²) in [6, 6.07) is 0.436. The Hall–Kier alpha value is -0.120. The van der Waals surface area contributed by atoms with Gasteiger partial charge in [0, 0.05) is 38.7 Å². The van der Waals surface area contributed by atoms with Crippen LogP contribution in [0.3, 0.4) is 0 Å². The molecule has 0 radical (unpaired) electrons. The van der Waals surface area contributed by atoms with E-state index in [1.165, 1.54) is 12.8 Å². The number of hydrogen-bond donors (Lipinski definition) is 1. The standard InChI is InChI=1S/C14H29NO2/c1-5-7-12(3)13(15-4)14(17-6-2)8-10-16-11-9-14/h12-13,15H,5-11H2,1-4H3. The summed E-state index contributed by atoms with van der Waals surface area (Å²) < 4.78 is 11.6. The molecule has 3 heteroatoms. The molecule has 1 rings (SSSR count). The molecule has 0 aromatic rings. The molecule has 0 aromatic heterocycles. The quantitative estimate of drug-likeness (QED) is 0.745. The third kappa shape index (κ3) is 3.67. The topological polar surface area (TPSA) is 30.5 Å². The minimum absolute atomic E-state index is 0.0175. The smallest absolute Gasteiger partial charge is 0.0880 e. The van der Waals surface area contributed by atoms with Crippen LogP contribution in [0.2, 0.25) is 0 Å². The summed E-state index contributed by atoms with van der Waals surface area (Å²) >= 11 is 0. The summed E-state index contributed by atoms with van der Waals surface area (Å²) in [5, 5.41) is 3.50. The fourth-order valence-corrected chi connectivity index (χ4v) is 3.24. The van der Waals surface area contributed by atoms with Gasteiger partial charge in [0.2, 0.25) is 0 Å². The summed E-state index contributed by atoms with van der Waals surface area (Å²) in [6.45, 7) is 9.13. The highest BCUT2D eigenvalue weighted by Crippen LogP contribution is 2.33. The van der Waals surface area contributed by atoms with Crippen molar-refractivity contribution >= 4 is 0 Å². The zero-order valence-corrected chi connectivity index (χ0v) is 11.9. The molecule has 17 heavy (non-hydrogen) atoms. The minimum atomic E-state index is -0.0175. The van der Waals surface area contributed by atoms with Crippen molar-refractivity contribution in [1.82, 2.24) is 5.32 Å². The van der Waals surface area contributed by atoms with E-state index in [1.54, 1.807) is 0 Å². The summed E-state index contributed by atoms with van der Waals surface area (Å²) in [6.07, 6.45) is 4.51. The Morgan fingerprint density at radius 1 is 1.29 bits per heavy atom. The average Bonchev–Trinajstić information content (AvgIpc) is 2.31. The highest BCUT2D eigenvalue weighted by molar-refractivity contribution is 4.97. The van der Waals surface area contributed by atoms with Gasteiger partial charge in [0.05, 0.1) is 5.60 Å². The van der Waals surface area contributed by atoms with Crippen LogP contribution >= 0.6 is 0 Å². The Kier molecular flexibility index (Phi) is 6.45. The molecule has 0 saturated carbocycles. The molecule has 1 saturated heterocycles. The monoisotopic (exact) mass is 243 g/mol. The molecule has 0 spiro atoms. The molecule has 1 aliphatic heterocycles. The Labute approximate surface area is 106 Å². The minimum Gasteiger partial charge on any atom is -0.381 e. The second-order valence-electron chi connectivity index (χ2n) is 5.14. The second-order valence-corrected chi connectivity index (χ2v) is 5.14. The fraction of sp³-hybridized carbons (Fsp3) is 1.00. The van der Waals surface area contributed by atoms with Crippen LogP contribution in [0.4, 0.5) is 0 Å². The zero-order valence-electron chi connectivity index (χ0n) is 11.9. The van der Waals surface area contributed by atoms with Gasteiger partial charge in [-0.25, -0.2) is 0 Å². The van der Waals surface area contributed by atoms with E-state index in [4.69, 9.17) is 9.47 Å². The molecular formula is C14H29NO2. The van der Waals surface area contributed by atoms with Crippen LogP contribution in [0, 0.1) is 5.92 Å². The molecular weight excluding hydrogens is 214 g/mol. The normalized spacial score (nSPS) is 23.3. The number of ether oxygens (including phenoxy) is 2. The molecule has 2 atom stereocenters. The van der Waals surface area contributed by atoms with Crippen molar-refractivity contribution in [3.05, 3.63) is 0 Å². The van der Waals surface area contributed by atoms with Gasteiger partial charge in [-0.2, -0.15) is 0 Å². The molecule has 0 aliphatic carbocycles. The molecule has 0 bridgehead atoms. The van der Waals surface area contributed by atoms with Crippen LogP contribution in [0.1, 0.15) is 46.5 Å². The number of likely N-dealkylation sites (N-methyl/N-ethyl adjacent to an activating group) is 1. The van der Waals surface area contributed by atoms with Crippen molar-refractivity contribution in [3.8, 4) is 0 Å². The van der Waals surface area contributed by atoms with E-state index in [2.05, 4.69) is 33.1 Å². The maximum absolute atomic E-state index is 6.15. The predicted molar refractivity (Wildman–Crippen MR) is 71.3 cm³/mol. The maximum Gasteiger partial charge on any atom is 0.0880 e. The van der Waals surface area contributed by atoms with E-state index < -0.39 is 0 Å². The zero-order chi connectivity index (χ0) is 12.7. The predicted octanol–water partition coefficient (Wildman–Crippen LogP) is 2.60. The molecule has 0 aromatic carbocycles. The third-order valence-electron chi connectivity index (χ3n) is 3.96. The summed E-state index contributed by atoms with van der Waals surface area (Å²) in [4.78, 5) is 0. The van der Waals surface area contributed by atoms with E-state index >= 15 is 0 Å². The van der Waals surface area contributed by atoms with Crippen LogP contribution in [0.15, 0.2) is 0 Å². The van der Waals surface area contributed by atoms with Crippen LogP contribution in [-0.4, -0.2) is 38.5 Å². The van der Waals surface area contributed by atoms with Gasteiger partial charge in [0.15, 0.2) is 0 Å². The van der Waals surface area contributed by atoms with Gasteiger partial charge in [-0.1, -0.05) is 20.3 Å². The van der Waals surface area contributed by atoms with Gasteiger partial charge in [-0.3, -0.25) is 0 Å². The number of nitrogens with one attached hydrogen (secondary N) is 1. The van der Waals surface area contributed by atoms with E-state index in [1.807, 2.05) is 0 Å². The molecule has 1 N–H and O–H groups in total. The lowest BCUT2D eigenvalue weighted by molar-refractivity contribution is -0.134. The van der Waals surface area contributed by atoms with Crippen LogP contribution in [-0.2, 0) is 9.47 Å². The fourth-order valence-electron chi connectivity index (χ4n) is 3.24. The second kappa shape index (κ2) is 7.34. The molecule has 102 valence electrons. The first-order chi connectivity index (χ1) is 8.20. The van der Waals surface area contributed by atoms with Crippen LogP contribution in [0.5, 0.6) is 0 Å². The van der Waals surface area contributed by atoms with Crippen molar-refractivity contribution in [2.24, 2.45) is 5.92 Å². The van der Waals surface area contributed by atoms with E-state index in [0.717, 1.165) is 32.7 Å². The van der Waals surface area contributed by atoms with E-state index in [9.17, 15) is 0 Å². The molecule has 1 aliphatic rings. The SMILES string of the molecule is CCCC(C)C(NC)C1(OCC)CCOCC1. The van der Waals surface area contributed by atoms with Gasteiger partial charge in [0.25, 0.3) is 0 Å². The first-order valence-electron chi connectivity index (χ1n) is 7.09. The van der Waals surface area contributed by atoms with Gasteiger partial charge in [0.1, 0.15) is 0 Å². The first kappa shape index (κ1) is 14.9. The van der Waals surface area contributed by atoms with Crippen molar-refractivity contribution in [2.45, 2.75) is 58.1 Å². The average molecular weight is 243 g/mol. The number of rotatable bonds is 7. The first-order valence-corrected chi connectivity index (χ1v) is 7.09. The lowest BCUT2D eigenvalue weighted by Crippen LogP contribution is -2.57. The summed E-state index contributed by atoms with van der Waals surface area (Å²) in [7, 11) is 2.06. The van der Waals surface area contributed by atoms with Gasteiger partial charge in [-0.15, -0.1) is 0 Å². The van der Waals surface area contributed by atoms with Crippen molar-refractivity contribution in [3.63, 3.8) is 0 Å². The maximum atomic E-state index is 6.15. The molecule has 1 fully saturated rings. The van der Waals surface area contributed by atoms with Crippen molar-refractivity contribution in [1.29, 1.82) is 0 Å². The Morgan fingerprint density at radius 2 is 1.94 bits per heavy atom. The molecule has 1 heterocycles. The summed E-state index contributed by atoms with van der Waals surface area (Å²) in [5.41, 5.74) is -0.0175. The highest BCUT2D eigenvalue weighted by Gasteiger charge is 2.42. The summed E-state index contributed by atoms with van der Waals surface area (Å²) in [5.74, 6) is 0.648. The van der Waals surface area contributed by atoms with Crippen LogP contribution < -0.4 is 5.32 Å². The van der Waals surface area contributed by atoms with E-state index in [-0.39, 0.29) is 5.60 Å². The Morgan fingerprint density at radius 3 is 2.41 bits per heavy atom. The van der Waals surface area contributed by atoms with Gasteiger partial charge >= 0.3 is 0 Å². The highest BCUT2D eigenvalue weighted by atomic mass is 16.5. The Bertz CT molecular complexity index is 197. The lowest BCUT2D eigenvalue weighted by Gasteiger charge is -2.45.